The third-order valence-electron chi connectivity index (χ3n) is 7.17. The highest BCUT2D eigenvalue weighted by molar-refractivity contribution is 6.30. The molecule has 36 heavy (non-hydrogen) atoms. The second kappa shape index (κ2) is 9.36. The number of benzene rings is 3. The highest BCUT2D eigenvalue weighted by atomic mass is 35.5. The molecule has 0 saturated carbocycles. The number of aromatic nitrogens is 2. The number of halogens is 1. The molecule has 0 atom stereocenters. The third-order valence-corrected chi connectivity index (χ3v) is 7.42. The summed E-state index contributed by atoms with van der Waals surface area (Å²) in [6, 6.07) is 26.3. The fourth-order valence-corrected chi connectivity index (χ4v) is 5.52. The van der Waals surface area contributed by atoms with Gasteiger partial charge >= 0.3 is 0 Å². The van der Waals surface area contributed by atoms with Crippen molar-refractivity contribution in [2.24, 2.45) is 0 Å². The molecule has 5 heteroatoms. The molecule has 0 unspecified atom stereocenters. The van der Waals surface area contributed by atoms with Gasteiger partial charge in [0.1, 0.15) is 11.3 Å². The van der Waals surface area contributed by atoms with Crippen molar-refractivity contribution in [3.63, 3.8) is 0 Å². The molecule has 0 saturated heterocycles. The summed E-state index contributed by atoms with van der Waals surface area (Å²) in [5.41, 5.74) is 9.45. The Morgan fingerprint density at radius 2 is 1.64 bits per heavy atom. The molecule has 1 N–H and O–H groups in total. The van der Waals surface area contributed by atoms with Crippen molar-refractivity contribution in [1.82, 2.24) is 8.97 Å². The first-order valence-electron chi connectivity index (χ1n) is 12.6. The van der Waals surface area contributed by atoms with E-state index in [9.17, 15) is 4.79 Å². The molecule has 0 spiro atoms. The van der Waals surface area contributed by atoms with Crippen LogP contribution in [0.25, 0.3) is 28.0 Å². The summed E-state index contributed by atoms with van der Waals surface area (Å²) in [7, 11) is 0. The Hall–Kier alpha value is -3.76. The number of carbonyl (C=O) groups excluding carboxylic acids is 1. The maximum Gasteiger partial charge on any atom is 0.273 e. The number of amides is 1. The molecule has 6 rings (SSSR count). The summed E-state index contributed by atoms with van der Waals surface area (Å²) in [5.74, 6) is -0.0996. The molecule has 1 amide bonds. The van der Waals surface area contributed by atoms with Crippen LogP contribution in [0.3, 0.4) is 0 Å². The van der Waals surface area contributed by atoms with E-state index in [1.165, 1.54) is 11.1 Å². The number of rotatable bonds is 5. The molecule has 4 nitrogen and oxygen atoms in total. The van der Waals surface area contributed by atoms with Crippen molar-refractivity contribution >= 4 is 28.8 Å². The van der Waals surface area contributed by atoms with E-state index >= 15 is 0 Å². The molecule has 0 radical (unpaired) electrons. The van der Waals surface area contributed by atoms with E-state index in [0.717, 1.165) is 65.9 Å². The molecular weight excluding hydrogens is 466 g/mol. The van der Waals surface area contributed by atoms with Gasteiger partial charge in [0.05, 0.1) is 5.69 Å². The molecule has 0 fully saturated rings. The second-order valence-electron chi connectivity index (χ2n) is 9.40. The predicted octanol–water partition coefficient (Wildman–Crippen LogP) is 7.88. The van der Waals surface area contributed by atoms with Gasteiger partial charge in [0.2, 0.25) is 0 Å². The second-order valence-corrected chi connectivity index (χ2v) is 9.83. The van der Waals surface area contributed by atoms with Crippen LogP contribution in [0.4, 0.5) is 5.69 Å². The summed E-state index contributed by atoms with van der Waals surface area (Å²) in [6.45, 7) is 3.08. The Balaban J connectivity index is 1.60. The Bertz CT molecular complexity index is 1540. The van der Waals surface area contributed by atoms with Crippen molar-refractivity contribution in [3.8, 4) is 22.4 Å². The van der Waals surface area contributed by atoms with Crippen LogP contribution in [0.5, 0.6) is 0 Å². The Labute approximate surface area is 216 Å². The fourth-order valence-electron chi connectivity index (χ4n) is 5.39. The minimum atomic E-state index is -0.0996. The van der Waals surface area contributed by atoms with E-state index in [4.69, 9.17) is 11.6 Å². The number of hydrogen-bond acceptors (Lipinski definition) is 1. The minimum absolute atomic E-state index is 0.0996. The van der Waals surface area contributed by atoms with E-state index < -0.39 is 0 Å². The molecule has 3 aromatic carbocycles. The van der Waals surface area contributed by atoms with Crippen LogP contribution in [0.1, 0.15) is 41.4 Å². The highest BCUT2D eigenvalue weighted by Gasteiger charge is 2.29. The van der Waals surface area contributed by atoms with Gasteiger partial charge in [-0.1, -0.05) is 73.1 Å². The molecule has 180 valence electrons. The van der Waals surface area contributed by atoms with Gasteiger partial charge in [-0.15, -0.1) is 0 Å². The van der Waals surface area contributed by atoms with Crippen LogP contribution in [-0.2, 0) is 19.4 Å². The number of carbonyl (C=O) groups is 1. The predicted molar refractivity (Wildman–Crippen MR) is 148 cm³/mol. The topological polar surface area (TPSA) is 38.4 Å². The summed E-state index contributed by atoms with van der Waals surface area (Å²) < 4.78 is 4.50. The van der Waals surface area contributed by atoms with Gasteiger partial charge in [0.25, 0.3) is 5.91 Å². The van der Waals surface area contributed by atoms with E-state index in [0.29, 0.717) is 10.7 Å². The largest absolute Gasteiger partial charge is 0.325 e. The molecule has 2 aromatic heterocycles. The average Bonchev–Trinajstić information content (AvgIpc) is 3.32. The third kappa shape index (κ3) is 3.92. The van der Waals surface area contributed by atoms with Crippen molar-refractivity contribution in [1.29, 1.82) is 0 Å². The zero-order valence-corrected chi connectivity index (χ0v) is 21.1. The fraction of sp³-hybridized carbons (Fsp3) is 0.194. The Morgan fingerprint density at radius 3 is 2.36 bits per heavy atom. The standard InChI is InChI=1S/C31H28ClN3O/c1-2-21-11-13-23(14-12-21)28-26-10-6-7-19-34-27(22-15-17-24(32)18-16-22)20-35(31(26)34)29(28)30(36)33-25-8-4-3-5-9-25/h3-5,8-9,11-18,20H,2,6-7,10,19H2,1H3,(H,33,36). The van der Waals surface area contributed by atoms with Crippen LogP contribution in [-0.4, -0.2) is 14.9 Å². The lowest BCUT2D eigenvalue weighted by Crippen LogP contribution is -2.15. The lowest BCUT2D eigenvalue weighted by atomic mass is 9.96. The maximum atomic E-state index is 13.9. The molecule has 5 aromatic rings. The molecule has 1 aliphatic rings. The zero-order valence-electron chi connectivity index (χ0n) is 20.3. The van der Waals surface area contributed by atoms with Crippen LogP contribution in [0, 0.1) is 0 Å². The number of hydrogen-bond donors (Lipinski definition) is 1. The quantitative estimate of drug-likeness (QED) is 0.265. The number of nitrogens with one attached hydrogen (secondary N) is 1. The van der Waals surface area contributed by atoms with Crippen molar-refractivity contribution in [2.45, 2.75) is 39.2 Å². The lowest BCUT2D eigenvalue weighted by Gasteiger charge is -2.11. The maximum absolute atomic E-state index is 13.9. The van der Waals surface area contributed by atoms with Gasteiger partial charge in [-0.25, -0.2) is 0 Å². The summed E-state index contributed by atoms with van der Waals surface area (Å²) >= 11 is 6.18. The van der Waals surface area contributed by atoms with Gasteiger partial charge in [0.15, 0.2) is 0 Å². The highest BCUT2D eigenvalue weighted by Crippen LogP contribution is 2.40. The Kier molecular flexibility index (Phi) is 5.90. The van der Waals surface area contributed by atoms with E-state index in [-0.39, 0.29) is 5.91 Å². The van der Waals surface area contributed by atoms with Crippen LogP contribution in [0.2, 0.25) is 5.02 Å². The van der Waals surface area contributed by atoms with Gasteiger partial charge in [-0.2, -0.15) is 0 Å². The molecule has 1 aliphatic heterocycles. The lowest BCUT2D eigenvalue weighted by molar-refractivity contribution is 0.102. The van der Waals surface area contributed by atoms with Crippen molar-refractivity contribution in [2.75, 3.05) is 5.32 Å². The van der Waals surface area contributed by atoms with Crippen molar-refractivity contribution in [3.05, 3.63) is 107 Å². The first-order valence-corrected chi connectivity index (χ1v) is 13.0. The monoisotopic (exact) mass is 493 g/mol. The summed E-state index contributed by atoms with van der Waals surface area (Å²) in [4.78, 5) is 13.9. The van der Waals surface area contributed by atoms with E-state index in [1.54, 1.807) is 0 Å². The van der Waals surface area contributed by atoms with Gasteiger partial charge in [0, 0.05) is 34.6 Å². The van der Waals surface area contributed by atoms with Gasteiger partial charge < -0.3 is 9.88 Å². The number of aryl methyl sites for hydroxylation is 3. The molecule has 0 aliphatic carbocycles. The normalized spacial score (nSPS) is 13.1. The number of para-hydroxylation sites is 1. The van der Waals surface area contributed by atoms with Crippen molar-refractivity contribution < 1.29 is 4.79 Å². The Morgan fingerprint density at radius 1 is 0.917 bits per heavy atom. The molecule has 3 heterocycles. The van der Waals surface area contributed by atoms with Gasteiger partial charge in [-0.3, -0.25) is 9.20 Å². The molecular formula is C31H28ClN3O. The SMILES string of the molecule is CCc1ccc(-c2c3c4n(c(-c5ccc(Cl)cc5)cn4c2C(=O)Nc2ccccc2)CCCC3)cc1. The summed E-state index contributed by atoms with van der Waals surface area (Å²) in [5, 5.41) is 3.86. The van der Waals surface area contributed by atoms with E-state index in [1.807, 2.05) is 42.5 Å². The van der Waals surface area contributed by atoms with Crippen LogP contribution < -0.4 is 5.32 Å². The van der Waals surface area contributed by atoms with Gasteiger partial charge in [-0.05, 0) is 66.6 Å². The first-order chi connectivity index (χ1) is 17.6. The zero-order chi connectivity index (χ0) is 24.6. The minimum Gasteiger partial charge on any atom is -0.325 e. The number of imidazole rings is 1. The smallest absolute Gasteiger partial charge is 0.273 e. The van der Waals surface area contributed by atoms with Crippen LogP contribution in [0.15, 0.2) is 85.1 Å². The number of anilines is 1. The van der Waals surface area contributed by atoms with Crippen LogP contribution >= 0.6 is 11.6 Å². The number of nitrogens with zero attached hydrogens (tertiary/aromatic N) is 2. The molecule has 0 bridgehead atoms. The first kappa shape index (κ1) is 22.7. The summed E-state index contributed by atoms with van der Waals surface area (Å²) in [6.07, 6.45) is 6.23. The van der Waals surface area contributed by atoms with E-state index in [2.05, 4.69) is 63.8 Å². The average molecular weight is 494 g/mol.